The predicted molar refractivity (Wildman–Crippen MR) is 130 cm³/mol. The Kier molecular flexibility index (Phi) is 9.19. The van der Waals surface area contributed by atoms with E-state index < -0.39 is 34.8 Å². The molecule has 1 aromatic carbocycles. The van der Waals surface area contributed by atoms with E-state index >= 15 is 0 Å². The molecule has 0 radical (unpaired) electrons. The Labute approximate surface area is 220 Å². The number of aliphatic imine (C=N–C) groups is 1. The minimum Gasteiger partial charge on any atom is -0.497 e. The van der Waals surface area contributed by atoms with Crippen LogP contribution in [-0.2, 0) is 15.7 Å². The topological polar surface area (TPSA) is 160 Å². The van der Waals surface area contributed by atoms with Crippen molar-refractivity contribution in [2.75, 3.05) is 34.0 Å². The summed E-state index contributed by atoms with van der Waals surface area (Å²) in [5, 5.41) is 8.75. The lowest BCUT2D eigenvalue weighted by Crippen LogP contribution is -2.59. The second-order valence-electron chi connectivity index (χ2n) is 8.11. The second-order valence-corrected chi connectivity index (χ2v) is 8.11. The van der Waals surface area contributed by atoms with Crippen molar-refractivity contribution in [2.24, 2.45) is 10.7 Å². The average Bonchev–Trinajstić information content (AvgIpc) is 3.59. The Morgan fingerprint density at radius 2 is 2.05 bits per heavy atom. The molecule has 1 aromatic heterocycles. The van der Waals surface area contributed by atoms with Gasteiger partial charge in [-0.15, -0.1) is 0 Å². The van der Waals surface area contributed by atoms with Gasteiger partial charge in [0, 0.05) is 19.2 Å². The lowest BCUT2D eigenvalue weighted by Gasteiger charge is -2.26. The molecule has 3 rings (SSSR count). The molecular weight excluding hydrogens is 527 g/mol. The highest BCUT2D eigenvalue weighted by Crippen LogP contribution is 2.39. The number of allylic oxidation sites excluding steroid dienone is 1. The number of alkyl halides is 3. The van der Waals surface area contributed by atoms with Crippen LogP contribution in [0.4, 0.5) is 13.2 Å². The van der Waals surface area contributed by atoms with Gasteiger partial charge in [0.25, 0.3) is 11.8 Å². The first kappa shape index (κ1) is 29.0. The number of rotatable bonds is 11. The molecule has 1 aliphatic heterocycles. The fourth-order valence-electron chi connectivity index (χ4n) is 3.37. The molecule has 0 bridgehead atoms. The van der Waals surface area contributed by atoms with Crippen LogP contribution >= 0.6 is 0 Å². The van der Waals surface area contributed by atoms with Crippen molar-refractivity contribution in [1.82, 2.24) is 15.8 Å². The molecule has 0 aliphatic carbocycles. The van der Waals surface area contributed by atoms with Crippen LogP contribution in [0.5, 0.6) is 17.4 Å². The molecular formula is C24H26F3N5O7. The standard InChI is InChI=1S/C24H26F3N5O7/c1-14(29-12-16(10-28)38-18-5-4-15(35-2)8-17(18)24(25,26)27)11-30-22(34)23(6-7-37-13-23)31-21(33)19-9-20(36-3)32-39-19/h4-5,8-10,12H,1,6-7,11,13,28H2,2-3H3,(H,30,34)(H,31,33)/b16-10+,29-12?. The van der Waals surface area contributed by atoms with Gasteiger partial charge >= 0.3 is 6.18 Å². The summed E-state index contributed by atoms with van der Waals surface area (Å²) in [6, 6.07) is 4.43. The molecule has 2 amide bonds. The molecule has 1 fully saturated rings. The van der Waals surface area contributed by atoms with Crippen LogP contribution < -0.4 is 30.6 Å². The summed E-state index contributed by atoms with van der Waals surface area (Å²) in [4.78, 5) is 29.5. The van der Waals surface area contributed by atoms with Crippen LogP contribution in [0.1, 0.15) is 22.5 Å². The minimum absolute atomic E-state index is 0.00656. The lowest BCUT2D eigenvalue weighted by atomic mass is 9.97. The monoisotopic (exact) mass is 553 g/mol. The number of carbonyl (C=O) groups excluding carboxylic acids is 2. The third-order valence-corrected chi connectivity index (χ3v) is 5.44. The fourth-order valence-corrected chi connectivity index (χ4v) is 3.37. The summed E-state index contributed by atoms with van der Waals surface area (Å²) in [7, 11) is 2.59. The van der Waals surface area contributed by atoms with Gasteiger partial charge in [-0.3, -0.25) is 14.6 Å². The molecule has 12 nitrogen and oxygen atoms in total. The van der Waals surface area contributed by atoms with Gasteiger partial charge in [-0.05, 0) is 23.4 Å². The Balaban J connectivity index is 1.62. The Morgan fingerprint density at radius 3 is 2.64 bits per heavy atom. The van der Waals surface area contributed by atoms with Crippen molar-refractivity contribution >= 4 is 18.0 Å². The lowest BCUT2D eigenvalue weighted by molar-refractivity contribution is -0.138. The van der Waals surface area contributed by atoms with E-state index in [0.29, 0.717) is 0 Å². The van der Waals surface area contributed by atoms with Gasteiger partial charge in [0.1, 0.15) is 22.6 Å². The minimum atomic E-state index is -4.72. The zero-order valence-corrected chi connectivity index (χ0v) is 21.0. The number of carbonyl (C=O) groups is 2. The van der Waals surface area contributed by atoms with Crippen molar-refractivity contribution < 1.29 is 46.2 Å². The van der Waals surface area contributed by atoms with E-state index in [1.165, 1.54) is 26.4 Å². The van der Waals surface area contributed by atoms with Crippen molar-refractivity contribution in [3.63, 3.8) is 0 Å². The molecule has 1 atom stereocenters. The number of methoxy groups -OCH3 is 2. The molecule has 2 heterocycles. The number of nitrogens with one attached hydrogen (secondary N) is 2. The third-order valence-electron chi connectivity index (χ3n) is 5.44. The van der Waals surface area contributed by atoms with Crippen molar-refractivity contribution in [1.29, 1.82) is 0 Å². The molecule has 4 N–H and O–H groups in total. The molecule has 1 aliphatic rings. The number of halogens is 3. The number of nitrogens with two attached hydrogens (primary N) is 1. The highest BCUT2D eigenvalue weighted by atomic mass is 19.4. The van der Waals surface area contributed by atoms with Crippen LogP contribution in [0.25, 0.3) is 0 Å². The molecule has 0 spiro atoms. The third kappa shape index (κ3) is 7.28. The largest absolute Gasteiger partial charge is 0.497 e. The summed E-state index contributed by atoms with van der Waals surface area (Å²) in [5.41, 5.74) is 3.13. The number of nitrogens with zero attached hydrogens (tertiary/aromatic N) is 2. The number of hydrogen-bond donors (Lipinski definition) is 3. The van der Waals surface area contributed by atoms with E-state index in [2.05, 4.69) is 27.4 Å². The number of benzene rings is 1. The summed E-state index contributed by atoms with van der Waals surface area (Å²) < 4.78 is 65.6. The van der Waals surface area contributed by atoms with E-state index in [4.69, 9.17) is 29.2 Å². The SMILES string of the molecule is C=C(CNC(=O)C1(NC(=O)c2cc(OC)no2)CCOC1)N=C/C(=C\N)Oc1ccc(OC)cc1C(F)(F)F. The Bertz CT molecular complexity index is 1270. The van der Waals surface area contributed by atoms with Crippen molar-refractivity contribution in [3.05, 3.63) is 59.8 Å². The Hall–Kier alpha value is -4.53. The number of hydrogen-bond acceptors (Lipinski definition) is 10. The van der Waals surface area contributed by atoms with Gasteiger partial charge in [-0.2, -0.15) is 13.2 Å². The number of ether oxygens (including phenoxy) is 4. The molecule has 39 heavy (non-hydrogen) atoms. The maximum absolute atomic E-state index is 13.4. The van der Waals surface area contributed by atoms with Gasteiger partial charge in [0.2, 0.25) is 11.7 Å². The summed E-state index contributed by atoms with van der Waals surface area (Å²) in [5.74, 6) is -2.08. The van der Waals surface area contributed by atoms with Crippen LogP contribution in [0, 0.1) is 0 Å². The van der Waals surface area contributed by atoms with Gasteiger partial charge < -0.3 is 39.8 Å². The predicted octanol–water partition coefficient (Wildman–Crippen LogP) is 2.18. The molecule has 2 aromatic rings. The van der Waals surface area contributed by atoms with Crippen molar-refractivity contribution in [2.45, 2.75) is 18.1 Å². The molecule has 1 saturated heterocycles. The van der Waals surface area contributed by atoms with Gasteiger partial charge in [-0.25, -0.2) is 0 Å². The van der Waals surface area contributed by atoms with Crippen LogP contribution in [-0.4, -0.2) is 62.7 Å². The highest BCUT2D eigenvalue weighted by molar-refractivity contribution is 5.98. The first-order valence-corrected chi connectivity index (χ1v) is 11.3. The summed E-state index contributed by atoms with van der Waals surface area (Å²) in [6.07, 6.45) is -2.57. The van der Waals surface area contributed by atoms with Crippen molar-refractivity contribution in [3.8, 4) is 17.4 Å². The van der Waals surface area contributed by atoms with Crippen LogP contribution in [0.2, 0.25) is 0 Å². The summed E-state index contributed by atoms with van der Waals surface area (Å²) >= 11 is 0. The smallest absolute Gasteiger partial charge is 0.420 e. The number of amides is 2. The Morgan fingerprint density at radius 1 is 1.28 bits per heavy atom. The van der Waals surface area contributed by atoms with Gasteiger partial charge in [-0.1, -0.05) is 6.58 Å². The normalized spacial score (nSPS) is 17.6. The molecule has 15 heteroatoms. The first-order valence-electron chi connectivity index (χ1n) is 11.3. The molecule has 1 unspecified atom stereocenters. The van der Waals surface area contributed by atoms with E-state index in [0.717, 1.165) is 24.5 Å². The quantitative estimate of drug-likeness (QED) is 0.280. The summed E-state index contributed by atoms with van der Waals surface area (Å²) in [6.45, 7) is 3.66. The van der Waals surface area contributed by atoms with E-state index in [1.807, 2.05) is 0 Å². The average molecular weight is 553 g/mol. The second kappa shape index (κ2) is 12.3. The van der Waals surface area contributed by atoms with E-state index in [-0.39, 0.29) is 55.0 Å². The first-order chi connectivity index (χ1) is 18.5. The maximum atomic E-state index is 13.4. The maximum Gasteiger partial charge on any atom is 0.420 e. The van der Waals surface area contributed by atoms with E-state index in [1.54, 1.807) is 0 Å². The fraction of sp³-hybridized carbons (Fsp3) is 0.333. The van der Waals surface area contributed by atoms with Gasteiger partial charge in [0.15, 0.2) is 5.76 Å². The molecule has 0 saturated carbocycles. The van der Waals surface area contributed by atoms with E-state index in [9.17, 15) is 22.8 Å². The molecule has 210 valence electrons. The van der Waals surface area contributed by atoms with Crippen LogP contribution in [0.15, 0.2) is 58.0 Å². The highest BCUT2D eigenvalue weighted by Gasteiger charge is 2.44. The zero-order valence-electron chi connectivity index (χ0n) is 21.0. The van der Waals surface area contributed by atoms with Crippen LogP contribution in [0.3, 0.4) is 0 Å². The number of aromatic nitrogens is 1. The van der Waals surface area contributed by atoms with Gasteiger partial charge in [0.05, 0.1) is 45.3 Å². The zero-order chi connectivity index (χ0) is 28.6.